The molecule has 1 aliphatic heterocycles. The number of rotatable bonds is 3. The van der Waals surface area contributed by atoms with Crippen LogP contribution in [-0.4, -0.2) is 28.4 Å². The number of anilines is 1. The molecule has 5 nitrogen and oxygen atoms in total. The third-order valence-corrected chi connectivity index (χ3v) is 5.26. The van der Waals surface area contributed by atoms with E-state index in [0.29, 0.717) is 0 Å². The first-order chi connectivity index (χ1) is 11.5. The summed E-state index contributed by atoms with van der Waals surface area (Å²) in [6, 6.07) is 5.53. The lowest BCUT2D eigenvalue weighted by molar-refractivity contribution is -0.113. The Morgan fingerprint density at radius 2 is 1.96 bits per heavy atom. The molecule has 0 saturated heterocycles. The molecule has 24 heavy (non-hydrogen) atoms. The lowest BCUT2D eigenvalue weighted by Gasteiger charge is -2.26. The Kier molecular flexibility index (Phi) is 5.14. The van der Waals surface area contributed by atoms with Crippen LogP contribution in [0.15, 0.2) is 28.2 Å². The monoisotopic (exact) mass is 343 g/mol. The molecule has 1 saturated carbocycles. The van der Waals surface area contributed by atoms with E-state index >= 15 is 0 Å². The second-order valence-corrected chi connectivity index (χ2v) is 7.34. The van der Waals surface area contributed by atoms with Gasteiger partial charge in [0, 0.05) is 17.3 Å². The van der Waals surface area contributed by atoms with Crippen molar-refractivity contribution in [3.8, 4) is 0 Å². The Morgan fingerprint density at radius 3 is 2.71 bits per heavy atom. The topological polar surface area (TPSA) is 70.9 Å². The summed E-state index contributed by atoms with van der Waals surface area (Å²) in [5, 5.41) is 3.67. The average Bonchev–Trinajstić information content (AvgIpc) is 2.51. The average molecular weight is 343 g/mol. The van der Waals surface area contributed by atoms with Crippen molar-refractivity contribution >= 4 is 40.1 Å². The van der Waals surface area contributed by atoms with E-state index in [-0.39, 0.29) is 17.6 Å². The van der Waals surface area contributed by atoms with Crippen LogP contribution in [0.2, 0.25) is 0 Å². The van der Waals surface area contributed by atoms with Crippen LogP contribution in [0.5, 0.6) is 0 Å². The Labute approximate surface area is 146 Å². The Hall–Kier alpha value is -1.95. The van der Waals surface area contributed by atoms with Crippen molar-refractivity contribution in [3.63, 3.8) is 0 Å². The molecule has 126 valence electrons. The number of thioether (sulfide) groups is 1. The standard InChI is InChI=1S/C18H21N3O2S/c1-11-7-12(2)9-13(8-11)19-16(22)10-24-17-14-5-3-4-6-15(14)20-18(23)21-17/h7-9,14H,3-6,10H2,1-2H3,(H,19,22). The van der Waals surface area contributed by atoms with Gasteiger partial charge in [0.15, 0.2) is 0 Å². The Bertz CT molecular complexity index is 720. The summed E-state index contributed by atoms with van der Waals surface area (Å²) in [7, 11) is 0. The number of benzene rings is 1. The minimum Gasteiger partial charge on any atom is -0.325 e. The molecule has 0 spiro atoms. The quantitative estimate of drug-likeness (QED) is 0.896. The number of amides is 3. The van der Waals surface area contributed by atoms with Gasteiger partial charge in [0.2, 0.25) is 5.91 Å². The zero-order chi connectivity index (χ0) is 17.1. The predicted molar refractivity (Wildman–Crippen MR) is 99.2 cm³/mol. The summed E-state index contributed by atoms with van der Waals surface area (Å²) in [5.41, 5.74) is 3.98. The fourth-order valence-corrected chi connectivity index (χ4v) is 4.18. The molecule has 0 radical (unpaired) electrons. The van der Waals surface area contributed by atoms with Crippen LogP contribution in [0.3, 0.4) is 0 Å². The van der Waals surface area contributed by atoms with Gasteiger partial charge < -0.3 is 5.32 Å². The number of fused-ring (bicyclic) bond motifs is 1. The summed E-state index contributed by atoms with van der Waals surface area (Å²) < 4.78 is 0. The number of hydrogen-bond acceptors (Lipinski definition) is 3. The molecule has 1 aromatic carbocycles. The number of hydrogen-bond donors (Lipinski definition) is 1. The number of nitrogens with one attached hydrogen (secondary N) is 1. The molecule has 6 heteroatoms. The van der Waals surface area contributed by atoms with Crippen molar-refractivity contribution in [1.82, 2.24) is 0 Å². The summed E-state index contributed by atoms with van der Waals surface area (Å²) in [6.45, 7) is 4.01. The number of aliphatic imine (C=N–C) groups is 2. The summed E-state index contributed by atoms with van der Waals surface area (Å²) in [6.07, 6.45) is 4.03. The summed E-state index contributed by atoms with van der Waals surface area (Å²) in [4.78, 5) is 32.0. The van der Waals surface area contributed by atoms with Gasteiger partial charge in [-0.05, 0) is 56.4 Å². The highest BCUT2D eigenvalue weighted by molar-refractivity contribution is 8.14. The minimum atomic E-state index is -0.430. The highest BCUT2D eigenvalue weighted by atomic mass is 32.2. The molecular weight excluding hydrogens is 322 g/mol. The lowest BCUT2D eigenvalue weighted by atomic mass is 9.87. The van der Waals surface area contributed by atoms with Gasteiger partial charge in [-0.2, -0.15) is 4.99 Å². The fourth-order valence-electron chi connectivity index (χ4n) is 3.23. The number of urea groups is 1. The molecule has 1 fully saturated rings. The minimum absolute atomic E-state index is 0.0833. The zero-order valence-electron chi connectivity index (χ0n) is 14.0. The van der Waals surface area contributed by atoms with Gasteiger partial charge in [-0.15, -0.1) is 0 Å². The SMILES string of the molecule is Cc1cc(C)cc(NC(=O)CSC2=NC(=O)N=C3CCCCC32)c1. The van der Waals surface area contributed by atoms with Gasteiger partial charge in [-0.3, -0.25) is 4.79 Å². The van der Waals surface area contributed by atoms with E-state index < -0.39 is 6.03 Å². The van der Waals surface area contributed by atoms with Crippen LogP contribution in [-0.2, 0) is 4.79 Å². The molecule has 1 atom stereocenters. The van der Waals surface area contributed by atoms with Crippen molar-refractivity contribution in [3.05, 3.63) is 29.3 Å². The van der Waals surface area contributed by atoms with Crippen LogP contribution < -0.4 is 5.32 Å². The number of nitrogens with zero attached hydrogens (tertiary/aromatic N) is 2. The van der Waals surface area contributed by atoms with Crippen LogP contribution >= 0.6 is 11.8 Å². The molecule has 1 aliphatic carbocycles. The van der Waals surface area contributed by atoms with Gasteiger partial charge in [-0.25, -0.2) is 9.79 Å². The van der Waals surface area contributed by atoms with E-state index in [1.807, 2.05) is 26.0 Å². The largest absolute Gasteiger partial charge is 0.367 e. The Balaban J connectivity index is 1.60. The summed E-state index contributed by atoms with van der Waals surface area (Å²) in [5.74, 6) is 0.304. The number of carbonyl (C=O) groups is 2. The third-order valence-electron chi connectivity index (χ3n) is 4.18. The normalized spacial score (nSPS) is 20.1. The van der Waals surface area contributed by atoms with Crippen molar-refractivity contribution in [1.29, 1.82) is 0 Å². The molecule has 1 heterocycles. The van der Waals surface area contributed by atoms with Gasteiger partial charge in [0.1, 0.15) is 0 Å². The van der Waals surface area contributed by atoms with Crippen molar-refractivity contribution in [2.45, 2.75) is 39.5 Å². The van der Waals surface area contributed by atoms with Crippen LogP contribution in [0, 0.1) is 19.8 Å². The molecule has 0 aromatic heterocycles. The van der Waals surface area contributed by atoms with E-state index in [2.05, 4.69) is 21.4 Å². The first-order valence-electron chi connectivity index (χ1n) is 8.22. The van der Waals surface area contributed by atoms with Crippen molar-refractivity contribution in [2.75, 3.05) is 11.1 Å². The molecule has 2 aliphatic rings. The summed E-state index contributed by atoms with van der Waals surface area (Å²) >= 11 is 1.36. The van der Waals surface area contributed by atoms with Crippen LogP contribution in [0.25, 0.3) is 0 Å². The van der Waals surface area contributed by atoms with Crippen LogP contribution in [0.1, 0.15) is 36.8 Å². The zero-order valence-corrected chi connectivity index (χ0v) is 14.8. The first-order valence-corrected chi connectivity index (χ1v) is 9.21. The van der Waals surface area contributed by atoms with Crippen LogP contribution in [0.4, 0.5) is 10.5 Å². The molecule has 3 amide bonds. The van der Waals surface area contributed by atoms with E-state index in [4.69, 9.17) is 0 Å². The van der Waals surface area contributed by atoms with Gasteiger partial charge in [0.05, 0.1) is 10.8 Å². The van der Waals surface area contributed by atoms with Crippen molar-refractivity contribution in [2.24, 2.45) is 15.9 Å². The van der Waals surface area contributed by atoms with E-state index in [1.54, 1.807) is 0 Å². The maximum Gasteiger partial charge on any atom is 0.367 e. The predicted octanol–water partition coefficient (Wildman–Crippen LogP) is 4.14. The maximum absolute atomic E-state index is 12.2. The third kappa shape index (κ3) is 4.12. The lowest BCUT2D eigenvalue weighted by Crippen LogP contribution is -2.31. The second-order valence-electron chi connectivity index (χ2n) is 6.35. The van der Waals surface area contributed by atoms with Crippen molar-refractivity contribution < 1.29 is 9.59 Å². The Morgan fingerprint density at radius 1 is 1.21 bits per heavy atom. The van der Waals surface area contributed by atoms with Gasteiger partial charge in [-0.1, -0.05) is 24.2 Å². The number of carbonyl (C=O) groups excluding carboxylic acids is 2. The molecular formula is C18H21N3O2S. The van der Waals surface area contributed by atoms with Gasteiger partial charge in [0.25, 0.3) is 0 Å². The molecule has 0 bridgehead atoms. The molecule has 1 aromatic rings. The highest BCUT2D eigenvalue weighted by Gasteiger charge is 2.30. The molecule has 1 N–H and O–H groups in total. The van der Waals surface area contributed by atoms with E-state index in [9.17, 15) is 9.59 Å². The van der Waals surface area contributed by atoms with E-state index in [1.165, 1.54) is 11.8 Å². The smallest absolute Gasteiger partial charge is 0.325 e. The first kappa shape index (κ1) is 16.9. The molecule has 1 unspecified atom stereocenters. The highest BCUT2D eigenvalue weighted by Crippen LogP contribution is 2.30. The van der Waals surface area contributed by atoms with E-state index in [0.717, 1.165) is 53.3 Å². The van der Waals surface area contributed by atoms with Gasteiger partial charge >= 0.3 is 6.03 Å². The number of aryl methyl sites for hydroxylation is 2. The fraction of sp³-hybridized carbons (Fsp3) is 0.444. The second kappa shape index (κ2) is 7.30. The molecule has 3 rings (SSSR count). The maximum atomic E-state index is 12.2.